The topological polar surface area (TPSA) is 69.5 Å². The first kappa shape index (κ1) is 19.1. The van der Waals surface area contributed by atoms with Crippen molar-refractivity contribution in [2.75, 3.05) is 6.61 Å². The lowest BCUT2D eigenvalue weighted by atomic mass is 9.97. The van der Waals surface area contributed by atoms with Crippen LogP contribution in [0.1, 0.15) is 18.1 Å². The molecule has 0 radical (unpaired) electrons. The van der Waals surface area contributed by atoms with E-state index in [0.717, 1.165) is 11.1 Å². The van der Waals surface area contributed by atoms with Crippen molar-refractivity contribution in [3.8, 4) is 0 Å². The van der Waals surface area contributed by atoms with E-state index < -0.39 is 24.6 Å². The molecule has 0 aromatic heterocycles. The minimum atomic E-state index is -0.862. The summed E-state index contributed by atoms with van der Waals surface area (Å²) in [6, 6.07) is 19.4. The maximum atomic E-state index is 10.9. The van der Waals surface area contributed by atoms with Crippen molar-refractivity contribution in [1.82, 2.24) is 0 Å². The Morgan fingerprint density at radius 3 is 2.29 bits per heavy atom. The highest BCUT2D eigenvalue weighted by molar-refractivity contribution is 5.75. The summed E-state index contributed by atoms with van der Waals surface area (Å²) in [7, 11) is 0. The normalized spacial score (nSPS) is 29.1. The Morgan fingerprint density at radius 2 is 1.61 bits per heavy atom. The van der Waals surface area contributed by atoms with Gasteiger partial charge in [-0.15, -0.1) is 0 Å². The number of aliphatic imine (C=N–C) groups is 1. The summed E-state index contributed by atoms with van der Waals surface area (Å²) < 4.78 is 23.4. The Kier molecular flexibility index (Phi) is 6.02. The van der Waals surface area contributed by atoms with E-state index in [2.05, 4.69) is 4.99 Å². The van der Waals surface area contributed by atoms with Gasteiger partial charge in [0, 0.05) is 6.92 Å². The second-order valence-corrected chi connectivity index (χ2v) is 7.05. The predicted molar refractivity (Wildman–Crippen MR) is 104 cm³/mol. The molecule has 1 saturated heterocycles. The molecule has 1 N–H and O–H groups in total. The van der Waals surface area contributed by atoms with Crippen LogP contribution in [-0.4, -0.2) is 48.3 Å². The van der Waals surface area contributed by atoms with Crippen LogP contribution in [0, 0.1) is 0 Å². The highest BCUT2D eigenvalue weighted by atomic mass is 16.7. The van der Waals surface area contributed by atoms with E-state index in [9.17, 15) is 5.11 Å². The smallest absolute Gasteiger partial charge is 0.227 e. The number of ether oxygens (including phenoxy) is 4. The third-order valence-electron chi connectivity index (χ3n) is 4.94. The number of aliphatic hydroxyl groups is 1. The fraction of sp³-hybridized carbons (Fsp3) is 0.409. The van der Waals surface area contributed by atoms with Crippen LogP contribution in [0.5, 0.6) is 0 Å². The van der Waals surface area contributed by atoms with Crippen molar-refractivity contribution in [3.63, 3.8) is 0 Å². The lowest BCUT2D eigenvalue weighted by Crippen LogP contribution is -2.58. The Labute approximate surface area is 164 Å². The molecule has 28 heavy (non-hydrogen) atoms. The molecule has 0 saturated carbocycles. The number of hydrogen-bond acceptors (Lipinski definition) is 6. The molecule has 148 valence electrons. The zero-order chi connectivity index (χ0) is 19.3. The van der Waals surface area contributed by atoms with E-state index >= 15 is 0 Å². The fourth-order valence-electron chi connectivity index (χ4n) is 3.51. The molecule has 2 aromatic rings. The van der Waals surface area contributed by atoms with Crippen molar-refractivity contribution >= 4 is 5.90 Å². The quantitative estimate of drug-likeness (QED) is 0.796. The lowest BCUT2D eigenvalue weighted by Gasteiger charge is -2.39. The summed E-state index contributed by atoms with van der Waals surface area (Å²) in [5, 5.41) is 10.9. The summed E-state index contributed by atoms with van der Waals surface area (Å²) >= 11 is 0. The molecule has 2 aliphatic heterocycles. The Bertz CT molecular complexity index is 782. The second kappa shape index (κ2) is 8.84. The molecule has 0 aliphatic carbocycles. The Hall–Kier alpha value is -2.25. The summed E-state index contributed by atoms with van der Waals surface area (Å²) in [5.74, 6) is 0.543. The van der Waals surface area contributed by atoms with Crippen LogP contribution in [0.25, 0.3) is 0 Å². The van der Waals surface area contributed by atoms with Crippen molar-refractivity contribution in [1.29, 1.82) is 0 Å². The van der Waals surface area contributed by atoms with Gasteiger partial charge in [-0.1, -0.05) is 60.7 Å². The fourth-order valence-corrected chi connectivity index (χ4v) is 3.51. The van der Waals surface area contributed by atoms with E-state index in [1.54, 1.807) is 6.92 Å². The molecule has 6 heteroatoms. The molecule has 6 nitrogen and oxygen atoms in total. The van der Waals surface area contributed by atoms with Gasteiger partial charge in [-0.3, -0.25) is 0 Å². The van der Waals surface area contributed by atoms with Gasteiger partial charge in [0.05, 0.1) is 19.8 Å². The minimum absolute atomic E-state index is 0.243. The van der Waals surface area contributed by atoms with Crippen LogP contribution in [0.3, 0.4) is 0 Å². The molecule has 5 atom stereocenters. The van der Waals surface area contributed by atoms with Gasteiger partial charge in [0.1, 0.15) is 24.4 Å². The first-order valence-corrected chi connectivity index (χ1v) is 9.52. The molecule has 4 rings (SSSR count). The summed E-state index contributed by atoms with van der Waals surface area (Å²) in [6.45, 7) is 2.86. The molecule has 0 amide bonds. The third kappa shape index (κ3) is 4.42. The largest absolute Gasteiger partial charge is 0.450 e. The number of aliphatic hydroxyl groups excluding tert-OH is 1. The van der Waals surface area contributed by atoms with Crippen LogP contribution in [0.4, 0.5) is 0 Å². The maximum Gasteiger partial charge on any atom is 0.227 e. The summed E-state index contributed by atoms with van der Waals surface area (Å²) in [5.41, 5.74) is 2.10. The molecule has 2 heterocycles. The van der Waals surface area contributed by atoms with Crippen molar-refractivity contribution < 1.29 is 24.1 Å². The molecule has 0 unspecified atom stereocenters. The first-order chi connectivity index (χ1) is 13.7. The minimum Gasteiger partial charge on any atom is -0.450 e. The summed E-state index contributed by atoms with van der Waals surface area (Å²) in [4.78, 5) is 4.46. The van der Waals surface area contributed by atoms with Gasteiger partial charge < -0.3 is 24.1 Å². The van der Waals surface area contributed by atoms with E-state index in [0.29, 0.717) is 19.1 Å². The zero-order valence-corrected chi connectivity index (χ0v) is 15.8. The molecular weight excluding hydrogens is 358 g/mol. The molecule has 2 aromatic carbocycles. The standard InChI is InChI=1S/C22H25NO5/c1-15-23-19-21(26-13-17-10-6-3-7-11-17)20(24)18(28-22(19)27-15)14-25-12-16-8-4-2-5-9-16/h2-11,18-22,24H,12-14H2,1H3/t18-,19-,20-,21-,22+/m1/s1. The molecule has 0 spiro atoms. The molecule has 2 aliphatic rings. The van der Waals surface area contributed by atoms with Gasteiger partial charge in [-0.2, -0.15) is 0 Å². The van der Waals surface area contributed by atoms with Gasteiger partial charge in [-0.25, -0.2) is 4.99 Å². The van der Waals surface area contributed by atoms with Gasteiger partial charge in [0.2, 0.25) is 6.29 Å². The molecule has 1 fully saturated rings. The van der Waals surface area contributed by atoms with Gasteiger partial charge >= 0.3 is 0 Å². The summed E-state index contributed by atoms with van der Waals surface area (Å²) in [6.07, 6.45) is -2.50. The number of fused-ring (bicyclic) bond motifs is 1. The van der Waals surface area contributed by atoms with E-state index in [4.69, 9.17) is 18.9 Å². The van der Waals surface area contributed by atoms with Gasteiger partial charge in [-0.05, 0) is 11.1 Å². The third-order valence-corrected chi connectivity index (χ3v) is 4.94. The van der Waals surface area contributed by atoms with Crippen molar-refractivity contribution in [2.45, 2.75) is 50.8 Å². The van der Waals surface area contributed by atoms with Gasteiger partial charge in [0.15, 0.2) is 5.90 Å². The average molecular weight is 383 g/mol. The molecular formula is C22H25NO5. The van der Waals surface area contributed by atoms with Crippen LogP contribution < -0.4 is 0 Å². The first-order valence-electron chi connectivity index (χ1n) is 9.52. The number of rotatable bonds is 7. The second-order valence-electron chi connectivity index (χ2n) is 7.05. The maximum absolute atomic E-state index is 10.9. The van der Waals surface area contributed by atoms with Crippen molar-refractivity contribution in [3.05, 3.63) is 71.8 Å². The molecule has 0 bridgehead atoms. The highest BCUT2D eigenvalue weighted by Gasteiger charge is 2.49. The predicted octanol–water partition coefficient (Wildman–Crippen LogP) is 2.69. The lowest BCUT2D eigenvalue weighted by molar-refractivity contribution is -0.249. The average Bonchev–Trinajstić information content (AvgIpc) is 3.09. The van der Waals surface area contributed by atoms with Gasteiger partial charge in [0.25, 0.3) is 0 Å². The van der Waals surface area contributed by atoms with E-state index in [-0.39, 0.29) is 12.6 Å². The van der Waals surface area contributed by atoms with Crippen LogP contribution in [0.15, 0.2) is 65.7 Å². The monoisotopic (exact) mass is 383 g/mol. The van der Waals surface area contributed by atoms with Crippen LogP contribution >= 0.6 is 0 Å². The number of nitrogens with zero attached hydrogens (tertiary/aromatic N) is 1. The van der Waals surface area contributed by atoms with Crippen LogP contribution in [0.2, 0.25) is 0 Å². The Morgan fingerprint density at radius 1 is 0.964 bits per heavy atom. The highest BCUT2D eigenvalue weighted by Crippen LogP contribution is 2.31. The Balaban J connectivity index is 1.39. The number of hydrogen-bond donors (Lipinski definition) is 1. The van der Waals surface area contributed by atoms with Crippen LogP contribution in [-0.2, 0) is 32.2 Å². The van der Waals surface area contributed by atoms with E-state index in [1.165, 1.54) is 0 Å². The number of benzene rings is 2. The zero-order valence-electron chi connectivity index (χ0n) is 15.8. The van der Waals surface area contributed by atoms with E-state index in [1.807, 2.05) is 60.7 Å². The van der Waals surface area contributed by atoms with Crippen molar-refractivity contribution in [2.24, 2.45) is 4.99 Å². The SMILES string of the molecule is CC1=N[C@H]2[C@@H](O1)O[C@H](COCc1ccccc1)[C@@H](O)[C@@H]2OCc1ccccc1.